The molecule has 0 saturated carbocycles. The standard InChI is InChI=1S/C11H13BrN2O3/c12-9-3-1-2-8(13-9)10(11(15)16)14-4-6-17-7-5-14/h1-3,10H,4-7H2,(H,15,16)/p-1. The van der Waals surface area contributed by atoms with Crippen molar-refractivity contribution in [2.24, 2.45) is 0 Å². The van der Waals surface area contributed by atoms with Crippen molar-refractivity contribution in [2.45, 2.75) is 6.04 Å². The van der Waals surface area contributed by atoms with Crippen LogP contribution in [-0.2, 0) is 9.53 Å². The summed E-state index contributed by atoms with van der Waals surface area (Å²) in [5.74, 6) is -1.13. The quantitative estimate of drug-likeness (QED) is 0.733. The highest BCUT2D eigenvalue weighted by Gasteiger charge is 2.24. The van der Waals surface area contributed by atoms with Gasteiger partial charge in [-0.2, -0.15) is 0 Å². The van der Waals surface area contributed by atoms with Gasteiger partial charge in [-0.15, -0.1) is 0 Å². The molecule has 0 N–H and O–H groups in total. The molecule has 17 heavy (non-hydrogen) atoms. The fourth-order valence-electron chi connectivity index (χ4n) is 1.87. The second-order valence-corrected chi connectivity index (χ2v) is 4.57. The molecule has 0 bridgehead atoms. The Hall–Kier alpha value is -0.980. The zero-order chi connectivity index (χ0) is 12.3. The Morgan fingerprint density at radius 3 is 2.76 bits per heavy atom. The minimum atomic E-state index is -1.13. The summed E-state index contributed by atoms with van der Waals surface area (Å²) in [6.45, 7) is 2.23. The number of pyridine rings is 1. The first-order chi connectivity index (χ1) is 8.18. The van der Waals surface area contributed by atoms with Crippen LogP contribution in [0.1, 0.15) is 11.7 Å². The molecule has 5 nitrogen and oxygen atoms in total. The first-order valence-corrected chi connectivity index (χ1v) is 6.13. The van der Waals surface area contributed by atoms with Crippen LogP contribution < -0.4 is 5.11 Å². The Kier molecular flexibility index (Phi) is 4.09. The molecule has 1 fully saturated rings. The summed E-state index contributed by atoms with van der Waals surface area (Å²) in [6, 6.07) is 4.41. The minimum Gasteiger partial charge on any atom is -0.548 e. The number of morpholine rings is 1. The molecule has 1 aliphatic rings. The summed E-state index contributed by atoms with van der Waals surface area (Å²) in [6.07, 6.45) is 0. The van der Waals surface area contributed by atoms with Gasteiger partial charge in [0.05, 0.1) is 30.9 Å². The maximum atomic E-state index is 11.3. The lowest BCUT2D eigenvalue weighted by molar-refractivity contribution is -0.313. The lowest BCUT2D eigenvalue weighted by atomic mass is 10.1. The van der Waals surface area contributed by atoms with E-state index in [4.69, 9.17) is 4.74 Å². The number of rotatable bonds is 3. The van der Waals surface area contributed by atoms with Gasteiger partial charge in [0, 0.05) is 13.1 Å². The third kappa shape index (κ3) is 3.02. The van der Waals surface area contributed by atoms with Gasteiger partial charge in [-0.1, -0.05) is 6.07 Å². The fourth-order valence-corrected chi connectivity index (χ4v) is 2.23. The van der Waals surface area contributed by atoms with E-state index in [1.807, 2.05) is 4.90 Å². The number of hydrogen-bond acceptors (Lipinski definition) is 5. The maximum Gasteiger partial charge on any atom is 0.106 e. The summed E-state index contributed by atoms with van der Waals surface area (Å²) < 4.78 is 5.82. The van der Waals surface area contributed by atoms with Crippen molar-refractivity contribution in [3.05, 3.63) is 28.5 Å². The number of carbonyl (C=O) groups is 1. The molecular weight excluding hydrogens is 288 g/mol. The van der Waals surface area contributed by atoms with E-state index in [1.165, 1.54) is 0 Å². The highest BCUT2D eigenvalue weighted by molar-refractivity contribution is 9.10. The number of carboxylic acid groups (broad SMARTS) is 1. The van der Waals surface area contributed by atoms with E-state index in [2.05, 4.69) is 20.9 Å². The average molecular weight is 300 g/mol. The molecule has 1 aromatic rings. The summed E-state index contributed by atoms with van der Waals surface area (Å²) in [5, 5.41) is 11.3. The molecule has 1 saturated heterocycles. The second-order valence-electron chi connectivity index (χ2n) is 3.76. The molecule has 0 aromatic carbocycles. The highest BCUT2D eigenvalue weighted by atomic mass is 79.9. The largest absolute Gasteiger partial charge is 0.548 e. The molecule has 2 rings (SSSR count). The van der Waals surface area contributed by atoms with E-state index in [0.717, 1.165) is 0 Å². The van der Waals surface area contributed by atoms with Crippen molar-refractivity contribution in [3.63, 3.8) is 0 Å². The summed E-state index contributed by atoms with van der Waals surface area (Å²) in [4.78, 5) is 17.3. The molecule has 0 spiro atoms. The Labute approximate surface area is 108 Å². The molecule has 0 radical (unpaired) electrons. The zero-order valence-corrected chi connectivity index (χ0v) is 10.7. The van der Waals surface area contributed by atoms with Crippen molar-refractivity contribution in [1.82, 2.24) is 9.88 Å². The molecule has 92 valence electrons. The monoisotopic (exact) mass is 299 g/mol. The number of aliphatic carboxylic acids is 1. The van der Waals surface area contributed by atoms with Gasteiger partial charge in [-0.25, -0.2) is 4.98 Å². The van der Waals surface area contributed by atoms with E-state index in [-0.39, 0.29) is 0 Å². The number of ether oxygens (including phenoxy) is 1. The van der Waals surface area contributed by atoms with Crippen LogP contribution in [0.2, 0.25) is 0 Å². The Morgan fingerprint density at radius 1 is 1.47 bits per heavy atom. The Balaban J connectivity index is 2.25. The molecule has 0 aliphatic carbocycles. The average Bonchev–Trinajstić information content (AvgIpc) is 2.30. The number of halogens is 1. The van der Waals surface area contributed by atoms with Crippen LogP contribution in [0.25, 0.3) is 0 Å². The third-order valence-corrected chi connectivity index (χ3v) is 3.09. The lowest BCUT2D eigenvalue weighted by Crippen LogP contribution is -2.46. The van der Waals surface area contributed by atoms with Crippen molar-refractivity contribution < 1.29 is 14.6 Å². The van der Waals surface area contributed by atoms with Crippen LogP contribution in [0.3, 0.4) is 0 Å². The summed E-state index contributed by atoms with van der Waals surface area (Å²) in [5.41, 5.74) is 0.487. The van der Waals surface area contributed by atoms with Gasteiger partial charge in [0.15, 0.2) is 0 Å². The molecule has 1 aromatic heterocycles. The van der Waals surface area contributed by atoms with Crippen LogP contribution in [0.5, 0.6) is 0 Å². The maximum absolute atomic E-state index is 11.3. The van der Waals surface area contributed by atoms with E-state index in [1.54, 1.807) is 18.2 Å². The number of carbonyl (C=O) groups excluding carboxylic acids is 1. The molecule has 1 unspecified atom stereocenters. The SMILES string of the molecule is O=C([O-])C(c1cccc(Br)n1)N1CCOCC1. The number of carboxylic acids is 1. The normalized spacial score (nSPS) is 18.9. The molecule has 0 amide bonds. The first-order valence-electron chi connectivity index (χ1n) is 5.33. The zero-order valence-electron chi connectivity index (χ0n) is 9.13. The first kappa shape index (κ1) is 12.5. The van der Waals surface area contributed by atoms with Crippen molar-refractivity contribution in [3.8, 4) is 0 Å². The van der Waals surface area contributed by atoms with Crippen LogP contribution in [-0.4, -0.2) is 42.2 Å². The van der Waals surface area contributed by atoms with E-state index >= 15 is 0 Å². The van der Waals surface area contributed by atoms with Crippen molar-refractivity contribution in [1.29, 1.82) is 0 Å². The van der Waals surface area contributed by atoms with E-state index in [0.29, 0.717) is 36.6 Å². The third-order valence-electron chi connectivity index (χ3n) is 2.65. The number of aromatic nitrogens is 1. The smallest absolute Gasteiger partial charge is 0.106 e. The second kappa shape index (κ2) is 5.57. The lowest BCUT2D eigenvalue weighted by Gasteiger charge is -2.34. The van der Waals surface area contributed by atoms with E-state index < -0.39 is 12.0 Å². The van der Waals surface area contributed by atoms with E-state index in [9.17, 15) is 9.90 Å². The fraction of sp³-hybridized carbons (Fsp3) is 0.455. The Bertz CT molecular complexity index is 407. The van der Waals surface area contributed by atoms with Gasteiger partial charge in [-0.3, -0.25) is 4.90 Å². The Morgan fingerprint density at radius 2 is 2.18 bits per heavy atom. The minimum absolute atomic E-state index is 0.487. The molecule has 1 aliphatic heterocycles. The van der Waals surface area contributed by atoms with Gasteiger partial charge in [-0.05, 0) is 28.1 Å². The number of hydrogen-bond donors (Lipinski definition) is 0. The highest BCUT2D eigenvalue weighted by Crippen LogP contribution is 2.21. The van der Waals surface area contributed by atoms with Gasteiger partial charge >= 0.3 is 0 Å². The van der Waals surface area contributed by atoms with Crippen molar-refractivity contribution in [2.75, 3.05) is 26.3 Å². The summed E-state index contributed by atoms with van der Waals surface area (Å²) >= 11 is 3.24. The van der Waals surface area contributed by atoms with Gasteiger partial charge in [0.25, 0.3) is 0 Å². The van der Waals surface area contributed by atoms with Gasteiger partial charge in [0.2, 0.25) is 0 Å². The molecular formula is C11H12BrN2O3-. The van der Waals surface area contributed by atoms with Crippen LogP contribution in [0.15, 0.2) is 22.8 Å². The predicted octanol–water partition coefficient (Wildman–Crippen LogP) is -0.0327. The topological polar surface area (TPSA) is 65.5 Å². The molecule has 1 atom stereocenters. The predicted molar refractivity (Wildman–Crippen MR) is 62.1 cm³/mol. The molecule has 2 heterocycles. The van der Waals surface area contributed by atoms with Crippen LogP contribution in [0, 0.1) is 0 Å². The number of nitrogens with zero attached hydrogens (tertiary/aromatic N) is 2. The van der Waals surface area contributed by atoms with Gasteiger partial charge in [0.1, 0.15) is 4.60 Å². The van der Waals surface area contributed by atoms with Gasteiger partial charge < -0.3 is 14.6 Å². The summed E-state index contributed by atoms with van der Waals surface area (Å²) in [7, 11) is 0. The van der Waals surface area contributed by atoms with Crippen LogP contribution in [0.4, 0.5) is 0 Å². The van der Waals surface area contributed by atoms with Crippen molar-refractivity contribution >= 4 is 21.9 Å². The molecule has 6 heteroatoms. The van der Waals surface area contributed by atoms with Crippen LogP contribution >= 0.6 is 15.9 Å².